The first-order valence-corrected chi connectivity index (χ1v) is 11.2. The maximum Gasteiger partial charge on any atom is 0.187 e. The van der Waals surface area contributed by atoms with Crippen LogP contribution >= 0.6 is 12.6 Å². The van der Waals surface area contributed by atoms with E-state index in [1.165, 1.54) is 6.92 Å². The van der Waals surface area contributed by atoms with E-state index in [0.717, 1.165) is 0 Å². The van der Waals surface area contributed by atoms with E-state index in [1.807, 2.05) is 0 Å². The van der Waals surface area contributed by atoms with E-state index >= 15 is 0 Å². The van der Waals surface area contributed by atoms with Crippen molar-refractivity contribution >= 4 is 12.6 Å². The molecule has 3 aliphatic rings. The van der Waals surface area contributed by atoms with Crippen molar-refractivity contribution in [3.05, 3.63) is 0 Å². The minimum atomic E-state index is -1.86. The maximum atomic E-state index is 10.7. The van der Waals surface area contributed by atoms with Gasteiger partial charge in [-0.05, 0) is 13.3 Å². The van der Waals surface area contributed by atoms with Gasteiger partial charge in [0.2, 0.25) is 0 Å². The van der Waals surface area contributed by atoms with Gasteiger partial charge in [-0.3, -0.25) is 0 Å². The molecule has 1 aliphatic carbocycles. The van der Waals surface area contributed by atoms with Crippen LogP contribution in [0.15, 0.2) is 0 Å². The predicted molar refractivity (Wildman–Crippen MR) is 114 cm³/mol. The van der Waals surface area contributed by atoms with Crippen molar-refractivity contribution in [3.63, 3.8) is 0 Å². The van der Waals surface area contributed by atoms with E-state index in [9.17, 15) is 30.6 Å². The molecule has 15 heteroatoms. The summed E-state index contributed by atoms with van der Waals surface area (Å²) in [6.45, 7) is 1.17. The van der Waals surface area contributed by atoms with Crippen LogP contribution in [0.2, 0.25) is 0 Å². The number of thiol groups is 1. The molecular formula is C18H36N4O10S. The van der Waals surface area contributed by atoms with Crippen LogP contribution in [0.3, 0.4) is 0 Å². The first kappa shape index (κ1) is 27.4. The Kier molecular flexibility index (Phi) is 8.64. The van der Waals surface area contributed by atoms with Gasteiger partial charge in [-0.15, -0.1) is 12.6 Å². The largest absolute Gasteiger partial charge is 0.389 e. The van der Waals surface area contributed by atoms with Gasteiger partial charge in [0.25, 0.3) is 0 Å². The molecular weight excluding hydrogens is 464 g/mol. The van der Waals surface area contributed by atoms with E-state index in [1.54, 1.807) is 0 Å². The Morgan fingerprint density at radius 1 is 0.848 bits per heavy atom. The van der Waals surface area contributed by atoms with Crippen LogP contribution in [0.25, 0.3) is 0 Å². The summed E-state index contributed by atoms with van der Waals surface area (Å²) in [4.78, 5) is -1.86. The summed E-state index contributed by atoms with van der Waals surface area (Å²) in [5.74, 6) is 0. The second-order valence-corrected chi connectivity index (χ2v) is 10.00. The molecule has 0 aromatic heterocycles. The van der Waals surface area contributed by atoms with Crippen LogP contribution in [-0.2, 0) is 18.9 Å². The Morgan fingerprint density at radius 2 is 1.45 bits per heavy atom. The Morgan fingerprint density at radius 3 is 2.00 bits per heavy atom. The fourth-order valence-corrected chi connectivity index (χ4v) is 4.61. The zero-order valence-corrected chi connectivity index (χ0v) is 19.0. The van der Waals surface area contributed by atoms with Crippen molar-refractivity contribution in [2.24, 2.45) is 22.9 Å². The molecule has 15 atom stereocenters. The van der Waals surface area contributed by atoms with E-state index in [2.05, 4.69) is 12.6 Å². The molecule has 33 heavy (non-hydrogen) atoms. The average Bonchev–Trinajstić information content (AvgIpc) is 3.01. The molecule has 2 aliphatic heterocycles. The molecule has 1 saturated carbocycles. The zero-order valence-electron chi connectivity index (χ0n) is 18.1. The smallest absolute Gasteiger partial charge is 0.187 e. The number of rotatable bonds is 6. The molecule has 9 unspecified atom stereocenters. The summed E-state index contributed by atoms with van der Waals surface area (Å²) < 4.78 is 22.7. The number of hydrogen-bond acceptors (Lipinski definition) is 15. The molecule has 0 aromatic rings. The van der Waals surface area contributed by atoms with Gasteiger partial charge in [0.1, 0.15) is 53.8 Å². The van der Waals surface area contributed by atoms with Crippen molar-refractivity contribution in [3.8, 4) is 0 Å². The lowest BCUT2D eigenvalue weighted by molar-refractivity contribution is -0.317. The van der Waals surface area contributed by atoms with E-state index in [0.29, 0.717) is 0 Å². The summed E-state index contributed by atoms with van der Waals surface area (Å²) in [6.07, 6.45) is -14.5. The molecule has 0 aromatic carbocycles. The Balaban J connectivity index is 1.81. The Hall–Kier alpha value is -0.210. The zero-order chi connectivity index (χ0) is 24.8. The van der Waals surface area contributed by atoms with Crippen molar-refractivity contribution in [2.45, 2.75) is 104 Å². The summed E-state index contributed by atoms with van der Waals surface area (Å²) in [6, 6.07) is -2.88. The predicted octanol–water partition coefficient (Wildman–Crippen LogP) is -6.01. The van der Waals surface area contributed by atoms with Crippen LogP contribution in [0.4, 0.5) is 0 Å². The SMILES string of the molecule is CC(O)(S)C1O[C@H](O[C@@H]2C(N)C[C@@H](N)C(O)C2O[C@@H]2O[C@H](CN)C(O)C2O)C(N)C(O)[C@@H]1O. The normalized spacial score (nSPS) is 53.1. The van der Waals surface area contributed by atoms with Gasteiger partial charge >= 0.3 is 0 Å². The number of aliphatic hydroxyl groups is 6. The molecule has 14 nitrogen and oxygen atoms in total. The monoisotopic (exact) mass is 500 g/mol. The van der Waals surface area contributed by atoms with Crippen LogP contribution < -0.4 is 22.9 Å². The Labute approximate surface area is 196 Å². The third-order valence-corrected chi connectivity index (χ3v) is 6.64. The molecule has 3 fully saturated rings. The third kappa shape index (κ3) is 5.47. The van der Waals surface area contributed by atoms with Crippen LogP contribution in [0, 0.1) is 0 Å². The number of hydrogen-bond donors (Lipinski definition) is 11. The topological polar surface area (TPSA) is 262 Å². The lowest BCUT2D eigenvalue weighted by Crippen LogP contribution is -2.69. The highest BCUT2D eigenvalue weighted by atomic mass is 32.1. The van der Waals surface area contributed by atoms with Crippen molar-refractivity contribution in [2.75, 3.05) is 6.54 Å². The second kappa shape index (κ2) is 10.4. The second-order valence-electron chi connectivity index (χ2n) is 9.09. The average molecular weight is 501 g/mol. The quantitative estimate of drug-likeness (QED) is 0.120. The molecule has 3 rings (SSSR count). The van der Waals surface area contributed by atoms with Crippen molar-refractivity contribution in [1.82, 2.24) is 0 Å². The van der Waals surface area contributed by atoms with Crippen molar-refractivity contribution < 1.29 is 49.6 Å². The van der Waals surface area contributed by atoms with Gasteiger partial charge in [0.05, 0.1) is 12.1 Å². The van der Waals surface area contributed by atoms with Gasteiger partial charge in [-0.2, -0.15) is 0 Å². The fourth-order valence-electron chi connectivity index (χ4n) is 4.40. The molecule has 194 valence electrons. The molecule has 0 spiro atoms. The van der Waals surface area contributed by atoms with Crippen LogP contribution in [-0.4, -0.2) is 128 Å². The molecule has 0 amide bonds. The van der Waals surface area contributed by atoms with E-state index in [4.69, 9.17) is 41.9 Å². The highest BCUT2D eigenvalue weighted by Crippen LogP contribution is 2.34. The number of aliphatic hydroxyl groups excluding tert-OH is 5. The van der Waals surface area contributed by atoms with Gasteiger partial charge in [0.15, 0.2) is 12.6 Å². The summed E-state index contributed by atoms with van der Waals surface area (Å²) in [5.41, 5.74) is 23.7. The molecule has 2 saturated heterocycles. The lowest BCUT2D eigenvalue weighted by Gasteiger charge is -2.48. The van der Waals surface area contributed by atoms with Crippen LogP contribution in [0.1, 0.15) is 13.3 Å². The summed E-state index contributed by atoms with van der Waals surface area (Å²) >= 11 is 3.99. The van der Waals surface area contributed by atoms with Gasteiger partial charge in [-0.1, -0.05) is 0 Å². The van der Waals surface area contributed by atoms with E-state index in [-0.39, 0.29) is 13.0 Å². The summed E-state index contributed by atoms with van der Waals surface area (Å²) in [5, 5.41) is 61.8. The van der Waals surface area contributed by atoms with Crippen molar-refractivity contribution in [1.29, 1.82) is 0 Å². The first-order valence-electron chi connectivity index (χ1n) is 10.7. The summed E-state index contributed by atoms with van der Waals surface area (Å²) in [7, 11) is 0. The molecule has 2 heterocycles. The fraction of sp³-hybridized carbons (Fsp3) is 1.00. The van der Waals surface area contributed by atoms with Gasteiger partial charge in [0, 0.05) is 18.6 Å². The third-order valence-electron chi connectivity index (χ3n) is 6.39. The Bertz CT molecular complexity index is 662. The minimum absolute atomic E-state index is 0.0830. The number of ether oxygens (including phenoxy) is 4. The highest BCUT2D eigenvalue weighted by Gasteiger charge is 2.53. The van der Waals surface area contributed by atoms with Crippen LogP contribution in [0.5, 0.6) is 0 Å². The standard InChI is InChI=1S/C18H36N4O10S/c1-18(28,33)15-11(26)10(25)7(22)16(32-15)30-13-5(21)2-4(20)8(23)14(13)31-17-12(27)9(24)6(3-19)29-17/h4-17,23-28,33H,2-3,19-22H2,1H3/t4-,5?,6-,7?,8?,9?,10?,11+,12?,13-,14?,15?,16+,17+,18?/m1/s1. The first-order chi connectivity index (χ1) is 15.3. The molecule has 14 N–H and O–H groups in total. The maximum absolute atomic E-state index is 10.7. The van der Waals surface area contributed by atoms with Gasteiger partial charge in [-0.25, -0.2) is 0 Å². The lowest BCUT2D eigenvalue weighted by atomic mass is 9.84. The highest BCUT2D eigenvalue weighted by molar-refractivity contribution is 7.81. The number of nitrogens with two attached hydrogens (primary N) is 4. The molecule has 0 bridgehead atoms. The molecule has 0 radical (unpaired) electrons. The minimum Gasteiger partial charge on any atom is -0.389 e. The van der Waals surface area contributed by atoms with E-state index < -0.39 is 90.6 Å². The van der Waals surface area contributed by atoms with Gasteiger partial charge < -0.3 is 72.5 Å².